The Balaban J connectivity index is 0.00000280. The van der Waals surface area contributed by atoms with Crippen LogP contribution in [-0.4, -0.2) is 60.0 Å². The number of carbonyl (C=O) groups is 1. The molecule has 1 aliphatic rings. The van der Waals surface area contributed by atoms with Crippen molar-refractivity contribution in [3.63, 3.8) is 0 Å². The highest BCUT2D eigenvalue weighted by molar-refractivity contribution is 5.85. The average Bonchev–Trinajstić information content (AvgIpc) is 2.72. The zero-order valence-electron chi connectivity index (χ0n) is 16.7. The molecule has 28 heavy (non-hydrogen) atoms. The maximum atomic E-state index is 12.4. The maximum Gasteiger partial charge on any atom is 0.260 e. The van der Waals surface area contributed by atoms with Gasteiger partial charge in [-0.3, -0.25) is 14.7 Å². The van der Waals surface area contributed by atoms with E-state index in [9.17, 15) is 4.79 Å². The molecule has 3 rings (SSSR count). The zero-order valence-corrected chi connectivity index (χ0v) is 17.5. The van der Waals surface area contributed by atoms with Crippen molar-refractivity contribution in [2.45, 2.75) is 26.2 Å². The highest BCUT2D eigenvalue weighted by Crippen LogP contribution is 2.18. The Bertz CT molecular complexity index is 714. The SMILES string of the molecule is CC(C)c1ccc(OCC(=O)N2CCN(CCc3ccncc3)CC2)cc1.Cl. The summed E-state index contributed by atoms with van der Waals surface area (Å²) in [6, 6.07) is 12.1. The van der Waals surface area contributed by atoms with Crippen LogP contribution in [0, 0.1) is 0 Å². The van der Waals surface area contributed by atoms with Crippen LogP contribution in [0.4, 0.5) is 0 Å². The van der Waals surface area contributed by atoms with E-state index < -0.39 is 0 Å². The van der Waals surface area contributed by atoms with Gasteiger partial charge in [0.1, 0.15) is 5.75 Å². The smallest absolute Gasteiger partial charge is 0.260 e. The molecule has 0 bridgehead atoms. The maximum absolute atomic E-state index is 12.4. The largest absolute Gasteiger partial charge is 0.484 e. The third-order valence-electron chi connectivity index (χ3n) is 5.10. The summed E-state index contributed by atoms with van der Waals surface area (Å²) in [5.41, 5.74) is 2.58. The van der Waals surface area contributed by atoms with E-state index in [2.05, 4.69) is 48.0 Å². The van der Waals surface area contributed by atoms with E-state index in [-0.39, 0.29) is 24.9 Å². The van der Waals surface area contributed by atoms with Gasteiger partial charge < -0.3 is 9.64 Å². The highest BCUT2D eigenvalue weighted by atomic mass is 35.5. The zero-order chi connectivity index (χ0) is 19.1. The van der Waals surface area contributed by atoms with Crippen molar-refractivity contribution in [3.05, 3.63) is 59.9 Å². The number of carbonyl (C=O) groups excluding carboxylic acids is 1. The Labute approximate surface area is 174 Å². The first kappa shape index (κ1) is 22.2. The molecule has 0 N–H and O–H groups in total. The van der Waals surface area contributed by atoms with Crippen LogP contribution in [0.1, 0.15) is 30.9 Å². The minimum atomic E-state index is 0. The van der Waals surface area contributed by atoms with Crippen LogP contribution in [0.15, 0.2) is 48.8 Å². The van der Waals surface area contributed by atoms with Crippen LogP contribution in [-0.2, 0) is 11.2 Å². The van der Waals surface area contributed by atoms with Gasteiger partial charge in [0.2, 0.25) is 0 Å². The van der Waals surface area contributed by atoms with Crippen molar-refractivity contribution in [2.24, 2.45) is 0 Å². The van der Waals surface area contributed by atoms with Gasteiger partial charge >= 0.3 is 0 Å². The Kier molecular flexibility index (Phi) is 8.74. The number of benzene rings is 1. The number of piperazine rings is 1. The lowest BCUT2D eigenvalue weighted by molar-refractivity contribution is -0.135. The average molecular weight is 404 g/mol. The molecule has 2 heterocycles. The minimum absolute atomic E-state index is 0. The molecule has 0 saturated carbocycles. The molecule has 0 atom stereocenters. The molecule has 1 aliphatic heterocycles. The van der Waals surface area contributed by atoms with Gasteiger partial charge in [-0.25, -0.2) is 0 Å². The van der Waals surface area contributed by atoms with E-state index in [4.69, 9.17) is 4.74 Å². The standard InChI is InChI=1S/C22H29N3O2.ClH/c1-18(2)20-3-5-21(6-4-20)27-17-22(26)25-15-13-24(14-16-25)12-9-19-7-10-23-11-8-19;/h3-8,10-11,18H,9,12-17H2,1-2H3;1H. The van der Waals surface area contributed by atoms with E-state index in [1.807, 2.05) is 29.4 Å². The Morgan fingerprint density at radius 2 is 1.68 bits per heavy atom. The molecule has 0 radical (unpaired) electrons. The van der Waals surface area contributed by atoms with Crippen LogP contribution in [0.3, 0.4) is 0 Å². The fourth-order valence-corrected chi connectivity index (χ4v) is 3.24. The number of halogens is 1. The number of ether oxygens (including phenoxy) is 1. The first-order valence-corrected chi connectivity index (χ1v) is 9.73. The van der Waals surface area contributed by atoms with E-state index in [1.165, 1.54) is 11.1 Å². The van der Waals surface area contributed by atoms with Crippen molar-refractivity contribution >= 4 is 18.3 Å². The molecule has 5 nitrogen and oxygen atoms in total. The number of rotatable bonds is 7. The van der Waals surface area contributed by atoms with Crippen LogP contribution in [0.2, 0.25) is 0 Å². The molecular weight excluding hydrogens is 374 g/mol. The van der Waals surface area contributed by atoms with Crippen LogP contribution in [0.25, 0.3) is 0 Å². The molecular formula is C22H30ClN3O2. The predicted molar refractivity (Wildman–Crippen MR) is 114 cm³/mol. The molecule has 1 fully saturated rings. The lowest BCUT2D eigenvalue weighted by atomic mass is 10.0. The Morgan fingerprint density at radius 3 is 2.29 bits per heavy atom. The fraction of sp³-hybridized carbons (Fsp3) is 0.455. The summed E-state index contributed by atoms with van der Waals surface area (Å²) >= 11 is 0. The van der Waals surface area contributed by atoms with Gasteiger partial charge in [0.25, 0.3) is 5.91 Å². The summed E-state index contributed by atoms with van der Waals surface area (Å²) < 4.78 is 5.68. The van der Waals surface area contributed by atoms with Crippen molar-refractivity contribution in [1.29, 1.82) is 0 Å². The number of nitrogens with zero attached hydrogens (tertiary/aromatic N) is 3. The predicted octanol–water partition coefficient (Wildman–Crippen LogP) is 3.39. The summed E-state index contributed by atoms with van der Waals surface area (Å²) in [5, 5.41) is 0. The van der Waals surface area contributed by atoms with Crippen molar-refractivity contribution in [3.8, 4) is 5.75 Å². The first-order valence-electron chi connectivity index (χ1n) is 9.73. The van der Waals surface area contributed by atoms with Crippen LogP contribution in [0.5, 0.6) is 5.75 Å². The van der Waals surface area contributed by atoms with Gasteiger partial charge in [-0.15, -0.1) is 12.4 Å². The molecule has 0 spiro atoms. The lowest BCUT2D eigenvalue weighted by Gasteiger charge is -2.34. The van der Waals surface area contributed by atoms with Gasteiger partial charge in [-0.05, 0) is 47.7 Å². The molecule has 1 saturated heterocycles. The molecule has 1 aromatic heterocycles. The second-order valence-electron chi connectivity index (χ2n) is 7.34. The number of amides is 1. The number of pyridine rings is 1. The summed E-state index contributed by atoms with van der Waals surface area (Å²) in [7, 11) is 0. The van der Waals surface area contributed by atoms with Gasteiger partial charge in [0.05, 0.1) is 0 Å². The van der Waals surface area contributed by atoms with Gasteiger partial charge in [-0.1, -0.05) is 26.0 Å². The van der Waals surface area contributed by atoms with E-state index in [0.29, 0.717) is 5.92 Å². The highest BCUT2D eigenvalue weighted by Gasteiger charge is 2.21. The molecule has 0 unspecified atom stereocenters. The van der Waals surface area contributed by atoms with Gasteiger partial charge in [0.15, 0.2) is 6.61 Å². The number of hydrogen-bond donors (Lipinski definition) is 0. The van der Waals surface area contributed by atoms with Crippen molar-refractivity contribution in [1.82, 2.24) is 14.8 Å². The van der Waals surface area contributed by atoms with Gasteiger partial charge in [0, 0.05) is 45.1 Å². The number of aromatic nitrogens is 1. The Morgan fingerprint density at radius 1 is 1.04 bits per heavy atom. The minimum Gasteiger partial charge on any atom is -0.484 e. The topological polar surface area (TPSA) is 45.7 Å². The molecule has 0 aliphatic carbocycles. The van der Waals surface area contributed by atoms with E-state index in [1.54, 1.807) is 0 Å². The molecule has 1 aromatic carbocycles. The second kappa shape index (κ2) is 11.0. The fourth-order valence-electron chi connectivity index (χ4n) is 3.24. The third-order valence-corrected chi connectivity index (χ3v) is 5.10. The number of hydrogen-bond acceptors (Lipinski definition) is 4. The third kappa shape index (κ3) is 6.50. The summed E-state index contributed by atoms with van der Waals surface area (Å²) in [4.78, 5) is 20.8. The quantitative estimate of drug-likeness (QED) is 0.710. The Hall–Kier alpha value is -2.11. The molecule has 6 heteroatoms. The van der Waals surface area contributed by atoms with Crippen molar-refractivity contribution in [2.75, 3.05) is 39.3 Å². The van der Waals surface area contributed by atoms with E-state index >= 15 is 0 Å². The van der Waals surface area contributed by atoms with E-state index in [0.717, 1.165) is 44.9 Å². The summed E-state index contributed by atoms with van der Waals surface area (Å²) in [6.45, 7) is 8.82. The molecule has 152 valence electrons. The summed E-state index contributed by atoms with van der Waals surface area (Å²) in [6.07, 6.45) is 4.69. The second-order valence-corrected chi connectivity index (χ2v) is 7.34. The monoisotopic (exact) mass is 403 g/mol. The van der Waals surface area contributed by atoms with Crippen molar-refractivity contribution < 1.29 is 9.53 Å². The first-order chi connectivity index (χ1) is 13.1. The van der Waals surface area contributed by atoms with Crippen LogP contribution < -0.4 is 4.74 Å². The lowest BCUT2D eigenvalue weighted by Crippen LogP contribution is -2.50. The van der Waals surface area contributed by atoms with Gasteiger partial charge in [-0.2, -0.15) is 0 Å². The normalized spacial score (nSPS) is 14.6. The summed E-state index contributed by atoms with van der Waals surface area (Å²) in [5.74, 6) is 1.32. The molecule has 1 amide bonds. The molecule has 2 aromatic rings. The van der Waals surface area contributed by atoms with Crippen LogP contribution >= 0.6 is 12.4 Å².